The van der Waals surface area contributed by atoms with Crippen molar-refractivity contribution in [3.63, 3.8) is 0 Å². The van der Waals surface area contributed by atoms with Crippen LogP contribution in [-0.4, -0.2) is 37.6 Å². The van der Waals surface area contributed by atoms with Gasteiger partial charge in [-0.1, -0.05) is 6.92 Å². The first-order valence-electron chi connectivity index (χ1n) is 5.04. The number of amides is 1. The van der Waals surface area contributed by atoms with Crippen molar-refractivity contribution in [1.29, 1.82) is 0 Å². The van der Waals surface area contributed by atoms with Gasteiger partial charge < -0.3 is 9.64 Å². The lowest BCUT2D eigenvalue weighted by molar-refractivity contribution is -0.133. The Kier molecular flexibility index (Phi) is 4.22. The van der Waals surface area contributed by atoms with Crippen LogP contribution in [0, 0.1) is 5.92 Å². The normalized spacial score (nSPS) is 23.2. The zero-order chi connectivity index (χ0) is 9.68. The first kappa shape index (κ1) is 10.5. The van der Waals surface area contributed by atoms with Crippen LogP contribution in [0.4, 0.5) is 0 Å². The maximum atomic E-state index is 11.4. The number of hydrogen-bond acceptors (Lipinski definition) is 2. The Hall–Kier alpha value is -0.570. The Labute approximate surface area is 80.1 Å². The van der Waals surface area contributed by atoms with Crippen molar-refractivity contribution in [2.45, 2.75) is 26.2 Å². The minimum atomic E-state index is 0.279. The second-order valence-electron chi connectivity index (χ2n) is 3.66. The van der Waals surface area contributed by atoms with E-state index in [1.54, 1.807) is 7.11 Å². The van der Waals surface area contributed by atoms with Gasteiger partial charge in [-0.25, -0.2) is 0 Å². The van der Waals surface area contributed by atoms with Crippen molar-refractivity contribution >= 4 is 5.91 Å². The Morgan fingerprint density at radius 1 is 1.62 bits per heavy atom. The molecule has 76 valence electrons. The highest BCUT2D eigenvalue weighted by atomic mass is 16.5. The summed E-state index contributed by atoms with van der Waals surface area (Å²) in [6.45, 7) is 4.53. The average Bonchev–Trinajstić information content (AvgIpc) is 2.18. The number of hydrogen-bond donors (Lipinski definition) is 0. The van der Waals surface area contributed by atoms with Crippen LogP contribution in [0.15, 0.2) is 0 Å². The molecule has 1 rings (SSSR count). The van der Waals surface area contributed by atoms with E-state index in [4.69, 9.17) is 4.74 Å². The van der Waals surface area contributed by atoms with E-state index in [1.807, 2.05) is 11.8 Å². The predicted molar refractivity (Wildman–Crippen MR) is 51.5 cm³/mol. The molecule has 13 heavy (non-hydrogen) atoms. The summed E-state index contributed by atoms with van der Waals surface area (Å²) in [5.74, 6) is 0.829. The van der Waals surface area contributed by atoms with Crippen molar-refractivity contribution in [3.8, 4) is 0 Å². The maximum Gasteiger partial charge on any atom is 0.222 e. The van der Waals surface area contributed by atoms with E-state index in [1.165, 1.54) is 6.42 Å². The summed E-state index contributed by atoms with van der Waals surface area (Å²) in [4.78, 5) is 13.4. The smallest absolute Gasteiger partial charge is 0.222 e. The minimum Gasteiger partial charge on any atom is -0.384 e. The summed E-state index contributed by atoms with van der Waals surface area (Å²) in [6.07, 6.45) is 2.95. The topological polar surface area (TPSA) is 29.5 Å². The fraction of sp³-hybridized carbons (Fsp3) is 0.900. The van der Waals surface area contributed by atoms with Crippen LogP contribution in [0.25, 0.3) is 0 Å². The Bertz CT molecular complexity index is 168. The molecule has 1 aliphatic rings. The van der Waals surface area contributed by atoms with Gasteiger partial charge in [0.25, 0.3) is 0 Å². The number of methoxy groups -OCH3 is 1. The zero-order valence-electron chi connectivity index (χ0n) is 8.58. The molecule has 0 N–H and O–H groups in total. The van der Waals surface area contributed by atoms with Gasteiger partial charge in [0.15, 0.2) is 0 Å². The van der Waals surface area contributed by atoms with E-state index in [9.17, 15) is 4.79 Å². The van der Waals surface area contributed by atoms with E-state index < -0.39 is 0 Å². The number of carbonyl (C=O) groups is 1. The minimum absolute atomic E-state index is 0.279. The molecule has 0 unspecified atom stereocenters. The van der Waals surface area contributed by atoms with Crippen LogP contribution >= 0.6 is 0 Å². The fourth-order valence-corrected chi connectivity index (χ4v) is 1.89. The van der Waals surface area contributed by atoms with Gasteiger partial charge in [0, 0.05) is 26.6 Å². The van der Waals surface area contributed by atoms with Crippen LogP contribution in [0.2, 0.25) is 0 Å². The van der Waals surface area contributed by atoms with Gasteiger partial charge in [-0.15, -0.1) is 0 Å². The first-order chi connectivity index (χ1) is 6.27. The lowest BCUT2D eigenvalue weighted by Crippen LogP contribution is -2.40. The number of likely N-dealkylation sites (tertiary alicyclic amines) is 1. The van der Waals surface area contributed by atoms with Crippen molar-refractivity contribution in [2.75, 3.05) is 26.8 Å². The van der Waals surface area contributed by atoms with Crippen LogP contribution in [0.3, 0.4) is 0 Å². The molecular formula is C10H19NO2. The molecule has 1 atom stereocenters. The zero-order valence-corrected chi connectivity index (χ0v) is 8.58. The summed E-state index contributed by atoms with van der Waals surface area (Å²) < 4.78 is 5.11. The highest BCUT2D eigenvalue weighted by Gasteiger charge is 2.22. The summed E-state index contributed by atoms with van der Waals surface area (Å²) in [7, 11) is 1.72. The first-order valence-corrected chi connectivity index (χ1v) is 5.04. The van der Waals surface area contributed by atoms with Crippen molar-refractivity contribution in [3.05, 3.63) is 0 Å². The lowest BCUT2D eigenvalue weighted by atomic mass is 9.99. The molecule has 0 aliphatic carbocycles. The van der Waals surface area contributed by atoms with Crippen molar-refractivity contribution in [1.82, 2.24) is 4.90 Å². The van der Waals surface area contributed by atoms with Gasteiger partial charge in [-0.05, 0) is 18.8 Å². The van der Waals surface area contributed by atoms with E-state index in [0.29, 0.717) is 12.3 Å². The third-order valence-corrected chi connectivity index (χ3v) is 2.58. The number of ether oxygens (including phenoxy) is 1. The number of nitrogens with zero attached hydrogens (tertiary/aromatic N) is 1. The summed E-state index contributed by atoms with van der Waals surface area (Å²) >= 11 is 0. The fourth-order valence-electron chi connectivity index (χ4n) is 1.89. The molecule has 1 aliphatic heterocycles. The molecule has 1 fully saturated rings. The average molecular weight is 185 g/mol. The summed E-state index contributed by atoms with van der Waals surface area (Å²) in [5, 5.41) is 0. The molecule has 3 nitrogen and oxygen atoms in total. The maximum absolute atomic E-state index is 11.4. The molecule has 1 saturated heterocycles. The third-order valence-electron chi connectivity index (χ3n) is 2.58. The van der Waals surface area contributed by atoms with Gasteiger partial charge in [0.05, 0.1) is 6.61 Å². The molecule has 0 aromatic heterocycles. The number of carbonyl (C=O) groups excluding carboxylic acids is 1. The number of piperidine rings is 1. The van der Waals surface area contributed by atoms with Crippen molar-refractivity contribution in [2.24, 2.45) is 5.92 Å². The molecule has 1 heterocycles. The predicted octanol–water partition coefficient (Wildman–Crippen LogP) is 1.28. The molecule has 0 radical (unpaired) electrons. The Balaban J connectivity index is 2.37. The molecule has 0 saturated carbocycles. The highest BCUT2D eigenvalue weighted by molar-refractivity contribution is 5.75. The van der Waals surface area contributed by atoms with E-state index in [-0.39, 0.29) is 5.91 Å². The highest BCUT2D eigenvalue weighted by Crippen LogP contribution is 2.16. The molecule has 1 amide bonds. The molecule has 0 bridgehead atoms. The SMILES string of the molecule is CCC(=O)N1CCC[C@@H](COC)C1. The Morgan fingerprint density at radius 2 is 2.38 bits per heavy atom. The van der Waals surface area contributed by atoms with Gasteiger partial charge in [-0.2, -0.15) is 0 Å². The summed E-state index contributed by atoms with van der Waals surface area (Å²) in [6, 6.07) is 0. The van der Waals surface area contributed by atoms with Gasteiger partial charge >= 0.3 is 0 Å². The molecule has 0 spiro atoms. The van der Waals surface area contributed by atoms with Crippen molar-refractivity contribution < 1.29 is 9.53 Å². The third kappa shape index (κ3) is 2.99. The van der Waals surface area contributed by atoms with Crippen LogP contribution < -0.4 is 0 Å². The molecular weight excluding hydrogens is 166 g/mol. The van der Waals surface area contributed by atoms with E-state index >= 15 is 0 Å². The van der Waals surface area contributed by atoms with E-state index in [0.717, 1.165) is 26.1 Å². The largest absolute Gasteiger partial charge is 0.384 e. The standard InChI is InChI=1S/C10H19NO2/c1-3-10(12)11-6-4-5-9(7-11)8-13-2/h9H,3-8H2,1-2H3/t9-/m1/s1. The molecule has 0 aromatic carbocycles. The van der Waals surface area contributed by atoms with Crippen LogP contribution in [0.1, 0.15) is 26.2 Å². The second kappa shape index (κ2) is 5.22. The van der Waals surface area contributed by atoms with Gasteiger partial charge in [0.2, 0.25) is 5.91 Å². The second-order valence-corrected chi connectivity index (χ2v) is 3.66. The molecule has 0 aromatic rings. The Morgan fingerprint density at radius 3 is 3.00 bits per heavy atom. The number of rotatable bonds is 3. The van der Waals surface area contributed by atoms with E-state index in [2.05, 4.69) is 0 Å². The quantitative estimate of drug-likeness (QED) is 0.663. The van der Waals surface area contributed by atoms with Gasteiger partial charge in [0.1, 0.15) is 0 Å². The molecule has 3 heteroatoms. The summed E-state index contributed by atoms with van der Waals surface area (Å²) in [5.41, 5.74) is 0. The lowest BCUT2D eigenvalue weighted by Gasteiger charge is -2.32. The van der Waals surface area contributed by atoms with Crippen LogP contribution in [0.5, 0.6) is 0 Å². The van der Waals surface area contributed by atoms with Gasteiger partial charge in [-0.3, -0.25) is 4.79 Å². The van der Waals surface area contributed by atoms with Crippen LogP contribution in [-0.2, 0) is 9.53 Å². The monoisotopic (exact) mass is 185 g/mol.